The first-order valence-electron chi connectivity index (χ1n) is 11.2. The van der Waals surface area contributed by atoms with E-state index in [2.05, 4.69) is 27.9 Å². The number of benzene rings is 2. The molecule has 5 rings (SSSR count). The number of imidazole rings is 1. The van der Waals surface area contributed by atoms with E-state index < -0.39 is 0 Å². The standard InChI is InChI=1S/C26H26FN5O/c1-17-3-8-23(18(2)13-17)33-24-15-29-14-22(31-24)26-25(19-4-6-20(27)7-5-19)30-16-32(26)21-9-11-28-12-10-21/h3-8,13-16,21,28H,9-12H2,1-2H3. The van der Waals surface area contributed by atoms with Crippen LogP contribution in [0.1, 0.15) is 30.0 Å². The minimum absolute atomic E-state index is 0.276. The second-order valence-corrected chi connectivity index (χ2v) is 8.45. The predicted octanol–water partition coefficient (Wildman–Crippen LogP) is 5.48. The van der Waals surface area contributed by atoms with E-state index in [9.17, 15) is 4.39 Å². The van der Waals surface area contributed by atoms with E-state index in [-0.39, 0.29) is 5.82 Å². The van der Waals surface area contributed by atoms with Crippen molar-refractivity contribution in [3.8, 4) is 34.3 Å². The number of rotatable bonds is 5. The zero-order valence-corrected chi connectivity index (χ0v) is 18.8. The summed E-state index contributed by atoms with van der Waals surface area (Å²) < 4.78 is 21.8. The van der Waals surface area contributed by atoms with Crippen molar-refractivity contribution in [1.82, 2.24) is 24.8 Å². The fraction of sp³-hybridized carbons (Fsp3) is 0.269. The molecule has 3 heterocycles. The number of hydrogen-bond donors (Lipinski definition) is 1. The molecule has 0 atom stereocenters. The zero-order chi connectivity index (χ0) is 22.8. The smallest absolute Gasteiger partial charge is 0.238 e. The average molecular weight is 444 g/mol. The fourth-order valence-electron chi connectivity index (χ4n) is 4.33. The Bertz CT molecular complexity index is 1260. The van der Waals surface area contributed by atoms with Gasteiger partial charge in [0, 0.05) is 11.6 Å². The van der Waals surface area contributed by atoms with Crippen molar-refractivity contribution in [3.63, 3.8) is 0 Å². The van der Waals surface area contributed by atoms with Crippen molar-refractivity contribution < 1.29 is 9.13 Å². The Hall–Kier alpha value is -3.58. The molecule has 0 bridgehead atoms. The summed E-state index contributed by atoms with van der Waals surface area (Å²) in [5, 5.41) is 3.41. The number of hydrogen-bond acceptors (Lipinski definition) is 5. The topological polar surface area (TPSA) is 64.9 Å². The lowest BCUT2D eigenvalue weighted by Gasteiger charge is -2.25. The maximum atomic E-state index is 13.6. The van der Waals surface area contributed by atoms with Crippen LogP contribution < -0.4 is 10.1 Å². The van der Waals surface area contributed by atoms with Crippen LogP contribution in [0.5, 0.6) is 11.6 Å². The Balaban J connectivity index is 1.57. The van der Waals surface area contributed by atoms with Crippen molar-refractivity contribution >= 4 is 0 Å². The molecule has 1 saturated heterocycles. The molecule has 33 heavy (non-hydrogen) atoms. The Morgan fingerprint density at radius 2 is 1.82 bits per heavy atom. The molecule has 2 aromatic carbocycles. The predicted molar refractivity (Wildman–Crippen MR) is 126 cm³/mol. The number of aryl methyl sites for hydroxylation is 2. The first-order valence-corrected chi connectivity index (χ1v) is 11.2. The molecule has 0 aliphatic carbocycles. The van der Waals surface area contributed by atoms with Gasteiger partial charge in [-0.3, -0.25) is 4.98 Å². The largest absolute Gasteiger partial charge is 0.437 e. The second-order valence-electron chi connectivity index (χ2n) is 8.45. The molecule has 0 amide bonds. The third kappa shape index (κ3) is 4.50. The Morgan fingerprint density at radius 1 is 1.03 bits per heavy atom. The molecule has 0 radical (unpaired) electrons. The summed E-state index contributed by atoms with van der Waals surface area (Å²) >= 11 is 0. The monoisotopic (exact) mass is 443 g/mol. The zero-order valence-electron chi connectivity index (χ0n) is 18.8. The Labute approximate surface area is 192 Å². The first kappa shape index (κ1) is 21.3. The summed E-state index contributed by atoms with van der Waals surface area (Å²) in [7, 11) is 0. The van der Waals surface area contributed by atoms with Gasteiger partial charge in [0.05, 0.1) is 30.1 Å². The maximum absolute atomic E-state index is 13.6. The van der Waals surface area contributed by atoms with Crippen LogP contribution in [-0.4, -0.2) is 32.6 Å². The van der Waals surface area contributed by atoms with E-state index in [1.165, 1.54) is 17.7 Å². The molecule has 1 aliphatic heterocycles. The maximum Gasteiger partial charge on any atom is 0.238 e. The summed E-state index contributed by atoms with van der Waals surface area (Å²) in [5.41, 5.74) is 5.34. The molecule has 7 heteroatoms. The van der Waals surface area contributed by atoms with Crippen molar-refractivity contribution in [3.05, 3.63) is 78.1 Å². The lowest BCUT2D eigenvalue weighted by molar-refractivity contribution is 0.370. The molecule has 0 unspecified atom stereocenters. The SMILES string of the molecule is Cc1ccc(Oc2cncc(-c3c(-c4ccc(F)cc4)ncn3C3CCNCC3)n2)c(C)c1. The molecular weight excluding hydrogens is 417 g/mol. The molecular formula is C26H26FN5O. The minimum Gasteiger partial charge on any atom is -0.437 e. The van der Waals surface area contributed by atoms with Gasteiger partial charge in [-0.1, -0.05) is 17.7 Å². The summed E-state index contributed by atoms with van der Waals surface area (Å²) in [6.07, 6.45) is 7.21. The van der Waals surface area contributed by atoms with Crippen LogP contribution in [0.4, 0.5) is 4.39 Å². The number of piperidine rings is 1. The number of nitrogens with zero attached hydrogens (tertiary/aromatic N) is 4. The highest BCUT2D eigenvalue weighted by Crippen LogP contribution is 2.35. The minimum atomic E-state index is -0.276. The number of aromatic nitrogens is 4. The Kier molecular flexibility index (Phi) is 5.88. The van der Waals surface area contributed by atoms with Crippen molar-refractivity contribution in [2.24, 2.45) is 0 Å². The van der Waals surface area contributed by atoms with E-state index in [0.717, 1.165) is 54.2 Å². The van der Waals surface area contributed by atoms with Gasteiger partial charge in [-0.15, -0.1) is 0 Å². The van der Waals surface area contributed by atoms with Gasteiger partial charge in [0.15, 0.2) is 0 Å². The van der Waals surface area contributed by atoms with Crippen LogP contribution in [0.2, 0.25) is 0 Å². The molecule has 0 spiro atoms. The van der Waals surface area contributed by atoms with E-state index in [1.54, 1.807) is 24.5 Å². The van der Waals surface area contributed by atoms with E-state index in [0.29, 0.717) is 17.6 Å². The summed E-state index contributed by atoms with van der Waals surface area (Å²) in [5.74, 6) is 0.891. The van der Waals surface area contributed by atoms with Crippen LogP contribution in [-0.2, 0) is 0 Å². The van der Waals surface area contributed by atoms with Crippen LogP contribution in [0.3, 0.4) is 0 Å². The second kappa shape index (κ2) is 9.11. The molecule has 1 aliphatic rings. The van der Waals surface area contributed by atoms with Crippen LogP contribution in [0.15, 0.2) is 61.2 Å². The van der Waals surface area contributed by atoms with E-state index >= 15 is 0 Å². The summed E-state index contributed by atoms with van der Waals surface area (Å²) in [4.78, 5) is 13.9. The molecule has 4 aromatic rings. The number of nitrogens with one attached hydrogen (secondary N) is 1. The molecule has 168 valence electrons. The molecule has 1 N–H and O–H groups in total. The lowest BCUT2D eigenvalue weighted by atomic mass is 10.0. The summed E-state index contributed by atoms with van der Waals surface area (Å²) in [6, 6.07) is 12.7. The van der Waals surface area contributed by atoms with Crippen molar-refractivity contribution in [2.45, 2.75) is 32.7 Å². The third-order valence-corrected chi connectivity index (χ3v) is 6.01. The van der Waals surface area contributed by atoms with Gasteiger partial charge in [0.25, 0.3) is 0 Å². The van der Waals surface area contributed by atoms with Crippen LogP contribution in [0, 0.1) is 19.7 Å². The van der Waals surface area contributed by atoms with Crippen LogP contribution >= 0.6 is 0 Å². The van der Waals surface area contributed by atoms with Gasteiger partial charge in [0.2, 0.25) is 5.88 Å². The third-order valence-electron chi connectivity index (χ3n) is 6.01. The molecule has 6 nitrogen and oxygen atoms in total. The normalized spacial score (nSPS) is 14.4. The van der Waals surface area contributed by atoms with E-state index in [4.69, 9.17) is 14.7 Å². The van der Waals surface area contributed by atoms with Gasteiger partial charge in [0.1, 0.15) is 17.3 Å². The highest BCUT2D eigenvalue weighted by Gasteiger charge is 2.24. The molecule has 0 saturated carbocycles. The average Bonchev–Trinajstić information content (AvgIpc) is 3.27. The highest BCUT2D eigenvalue weighted by atomic mass is 19.1. The van der Waals surface area contributed by atoms with Crippen molar-refractivity contribution in [2.75, 3.05) is 13.1 Å². The van der Waals surface area contributed by atoms with E-state index in [1.807, 2.05) is 25.4 Å². The van der Waals surface area contributed by atoms with Gasteiger partial charge < -0.3 is 14.6 Å². The highest BCUT2D eigenvalue weighted by molar-refractivity contribution is 5.76. The fourth-order valence-corrected chi connectivity index (χ4v) is 4.33. The molecule has 1 fully saturated rings. The van der Waals surface area contributed by atoms with Gasteiger partial charge >= 0.3 is 0 Å². The lowest BCUT2D eigenvalue weighted by Crippen LogP contribution is -2.29. The summed E-state index contributed by atoms with van der Waals surface area (Å²) in [6.45, 7) is 5.97. The molecule has 2 aromatic heterocycles. The van der Waals surface area contributed by atoms with Crippen LogP contribution in [0.25, 0.3) is 22.6 Å². The quantitative estimate of drug-likeness (QED) is 0.442. The van der Waals surface area contributed by atoms with Gasteiger partial charge in [-0.25, -0.2) is 14.4 Å². The first-order chi connectivity index (χ1) is 16.1. The Morgan fingerprint density at radius 3 is 2.58 bits per heavy atom. The number of halogens is 1. The van der Waals surface area contributed by atoms with Gasteiger partial charge in [-0.2, -0.15) is 0 Å². The number of ether oxygens (including phenoxy) is 1. The van der Waals surface area contributed by atoms with Crippen molar-refractivity contribution in [1.29, 1.82) is 0 Å². The van der Waals surface area contributed by atoms with Gasteiger partial charge in [-0.05, 0) is 75.7 Å².